The van der Waals surface area contributed by atoms with Gasteiger partial charge in [0.05, 0.1) is 0 Å². The SMILES string of the molecule is NCc1ccc(Cn2ccc3c(C4CCN(Cc5cccc(CC6CCCOCC6)c5)CC4)ccnc32)cc1. The number of ether oxygens (including phenoxy) is 1. The summed E-state index contributed by atoms with van der Waals surface area (Å²) in [6.07, 6.45) is 11.5. The summed E-state index contributed by atoms with van der Waals surface area (Å²) in [5, 5.41) is 1.31. The van der Waals surface area contributed by atoms with Gasteiger partial charge in [-0.3, -0.25) is 4.90 Å². The first kappa shape index (κ1) is 26.2. The number of rotatable bonds is 8. The van der Waals surface area contributed by atoms with Crippen LogP contribution in [0.15, 0.2) is 73.1 Å². The number of aromatic nitrogens is 2. The van der Waals surface area contributed by atoms with Crippen molar-refractivity contribution in [1.29, 1.82) is 0 Å². The van der Waals surface area contributed by atoms with Crippen molar-refractivity contribution < 1.29 is 4.74 Å². The smallest absolute Gasteiger partial charge is 0.140 e. The lowest BCUT2D eigenvalue weighted by Gasteiger charge is -2.32. The van der Waals surface area contributed by atoms with E-state index >= 15 is 0 Å². The van der Waals surface area contributed by atoms with Crippen molar-refractivity contribution in [3.05, 3.63) is 101 Å². The molecule has 2 saturated heterocycles. The molecule has 0 amide bonds. The van der Waals surface area contributed by atoms with E-state index in [4.69, 9.17) is 15.5 Å². The largest absolute Gasteiger partial charge is 0.381 e. The van der Waals surface area contributed by atoms with Gasteiger partial charge in [0.25, 0.3) is 0 Å². The quantitative estimate of drug-likeness (QED) is 0.296. The van der Waals surface area contributed by atoms with E-state index in [1.54, 1.807) is 0 Å². The second-order valence-corrected chi connectivity index (χ2v) is 11.6. The van der Waals surface area contributed by atoms with Gasteiger partial charge in [0, 0.05) is 50.6 Å². The zero-order valence-corrected chi connectivity index (χ0v) is 23.1. The summed E-state index contributed by atoms with van der Waals surface area (Å²) in [6.45, 7) is 6.62. The summed E-state index contributed by atoms with van der Waals surface area (Å²) in [5.74, 6) is 1.36. The summed E-state index contributed by atoms with van der Waals surface area (Å²) in [5.41, 5.74) is 13.7. The van der Waals surface area contributed by atoms with Gasteiger partial charge in [-0.2, -0.15) is 0 Å². The van der Waals surface area contributed by atoms with E-state index in [1.165, 1.54) is 71.7 Å². The lowest BCUT2D eigenvalue weighted by Crippen LogP contribution is -2.32. The first-order valence-electron chi connectivity index (χ1n) is 14.8. The van der Waals surface area contributed by atoms with Crippen LogP contribution in [0.25, 0.3) is 11.0 Å². The van der Waals surface area contributed by atoms with Crippen LogP contribution in [-0.2, 0) is 30.8 Å². The van der Waals surface area contributed by atoms with E-state index in [-0.39, 0.29) is 0 Å². The first-order valence-corrected chi connectivity index (χ1v) is 14.8. The highest BCUT2D eigenvalue weighted by molar-refractivity contribution is 5.80. The lowest BCUT2D eigenvalue weighted by molar-refractivity contribution is 0.141. The Hall–Kier alpha value is -2.99. The van der Waals surface area contributed by atoms with Crippen LogP contribution < -0.4 is 5.73 Å². The normalized spacial score (nSPS) is 19.4. The molecule has 6 rings (SSSR count). The summed E-state index contributed by atoms with van der Waals surface area (Å²) in [6, 6.07) is 22.5. The van der Waals surface area contributed by atoms with Crippen LogP contribution in [0.4, 0.5) is 0 Å². The topological polar surface area (TPSA) is 56.3 Å². The molecule has 0 radical (unpaired) electrons. The highest BCUT2D eigenvalue weighted by Gasteiger charge is 2.23. The molecule has 204 valence electrons. The Morgan fingerprint density at radius 1 is 0.821 bits per heavy atom. The molecular weight excluding hydrogens is 480 g/mol. The average Bonchev–Trinajstić information content (AvgIpc) is 3.20. The van der Waals surface area contributed by atoms with E-state index in [1.807, 2.05) is 6.20 Å². The molecule has 0 spiro atoms. The number of fused-ring (bicyclic) bond motifs is 1. The molecule has 0 aliphatic carbocycles. The third-order valence-corrected chi connectivity index (χ3v) is 8.83. The van der Waals surface area contributed by atoms with Crippen molar-refractivity contribution in [1.82, 2.24) is 14.5 Å². The maximum atomic E-state index is 5.76. The Bertz CT molecular complexity index is 1350. The number of hydrogen-bond donors (Lipinski definition) is 1. The van der Waals surface area contributed by atoms with Crippen LogP contribution in [0.2, 0.25) is 0 Å². The van der Waals surface area contributed by atoms with Crippen molar-refractivity contribution in [2.75, 3.05) is 26.3 Å². The van der Waals surface area contributed by atoms with Crippen LogP contribution in [0.3, 0.4) is 0 Å². The second kappa shape index (κ2) is 12.5. The zero-order valence-electron chi connectivity index (χ0n) is 23.1. The Kier molecular flexibility index (Phi) is 8.38. The number of hydrogen-bond acceptors (Lipinski definition) is 4. The van der Waals surface area contributed by atoms with Crippen molar-refractivity contribution in [3.8, 4) is 0 Å². The number of piperidine rings is 1. The third-order valence-electron chi connectivity index (χ3n) is 8.83. The molecule has 2 N–H and O–H groups in total. The molecule has 1 atom stereocenters. The fourth-order valence-corrected chi connectivity index (χ4v) is 6.60. The molecular formula is C34H42N4O. The van der Waals surface area contributed by atoms with Crippen molar-refractivity contribution in [2.45, 2.75) is 64.1 Å². The van der Waals surface area contributed by atoms with Gasteiger partial charge < -0.3 is 15.0 Å². The molecule has 2 aliphatic heterocycles. The minimum absolute atomic E-state index is 0.583. The third kappa shape index (κ3) is 6.43. The maximum Gasteiger partial charge on any atom is 0.140 e. The van der Waals surface area contributed by atoms with Gasteiger partial charge in [-0.1, -0.05) is 48.5 Å². The van der Waals surface area contributed by atoms with Gasteiger partial charge in [0.15, 0.2) is 0 Å². The number of pyridine rings is 1. The Labute approximate surface area is 233 Å². The van der Waals surface area contributed by atoms with E-state index in [0.717, 1.165) is 51.0 Å². The van der Waals surface area contributed by atoms with E-state index < -0.39 is 0 Å². The van der Waals surface area contributed by atoms with Gasteiger partial charge >= 0.3 is 0 Å². The molecule has 1 unspecified atom stereocenters. The maximum absolute atomic E-state index is 5.76. The summed E-state index contributed by atoms with van der Waals surface area (Å²) in [7, 11) is 0. The molecule has 39 heavy (non-hydrogen) atoms. The fraction of sp³-hybridized carbons (Fsp3) is 0.441. The minimum atomic E-state index is 0.583. The number of nitrogens with zero attached hydrogens (tertiary/aromatic N) is 3. The zero-order chi connectivity index (χ0) is 26.4. The molecule has 2 aliphatic rings. The monoisotopic (exact) mass is 522 g/mol. The van der Waals surface area contributed by atoms with Gasteiger partial charge in [-0.25, -0.2) is 4.98 Å². The van der Waals surface area contributed by atoms with Crippen molar-refractivity contribution in [3.63, 3.8) is 0 Å². The molecule has 4 aromatic rings. The molecule has 2 aromatic carbocycles. The highest BCUT2D eigenvalue weighted by atomic mass is 16.5. The predicted octanol–water partition coefficient (Wildman–Crippen LogP) is 6.28. The Morgan fingerprint density at radius 2 is 1.64 bits per heavy atom. The first-order chi connectivity index (χ1) is 19.2. The van der Waals surface area contributed by atoms with E-state index in [0.29, 0.717) is 12.5 Å². The van der Waals surface area contributed by atoms with Gasteiger partial charge in [-0.15, -0.1) is 0 Å². The highest BCUT2D eigenvalue weighted by Crippen LogP contribution is 2.33. The summed E-state index contributed by atoms with van der Waals surface area (Å²) >= 11 is 0. The molecule has 2 fully saturated rings. The number of likely N-dealkylation sites (tertiary alicyclic amines) is 1. The van der Waals surface area contributed by atoms with Crippen LogP contribution in [0.5, 0.6) is 0 Å². The standard InChI is InChI=1S/C34H42N4O/c35-23-27-6-8-28(9-7-27)25-38-18-13-33-32(10-15-36-34(33)38)31-11-16-37(17-12-31)24-30-4-1-3-29(22-30)21-26-5-2-19-39-20-14-26/h1,3-4,6-10,13,15,18,22,26,31H,2,5,11-12,14,16-17,19-21,23-25,35H2. The fourth-order valence-electron chi connectivity index (χ4n) is 6.60. The molecule has 0 bridgehead atoms. The summed E-state index contributed by atoms with van der Waals surface area (Å²) < 4.78 is 7.95. The second-order valence-electron chi connectivity index (χ2n) is 11.6. The summed E-state index contributed by atoms with van der Waals surface area (Å²) in [4.78, 5) is 7.42. The molecule has 0 saturated carbocycles. The average molecular weight is 523 g/mol. The molecule has 5 heteroatoms. The molecule has 2 aromatic heterocycles. The van der Waals surface area contributed by atoms with Crippen LogP contribution in [0.1, 0.15) is 65.8 Å². The minimum Gasteiger partial charge on any atom is -0.381 e. The van der Waals surface area contributed by atoms with Gasteiger partial charge in [0.1, 0.15) is 5.65 Å². The number of nitrogens with two attached hydrogens (primary N) is 1. The number of benzene rings is 2. The van der Waals surface area contributed by atoms with Crippen LogP contribution in [0, 0.1) is 5.92 Å². The van der Waals surface area contributed by atoms with Gasteiger partial charge in [-0.05, 0) is 103 Å². The van der Waals surface area contributed by atoms with Crippen molar-refractivity contribution in [2.24, 2.45) is 11.7 Å². The molecule has 5 nitrogen and oxygen atoms in total. The Balaban J connectivity index is 1.07. The van der Waals surface area contributed by atoms with Gasteiger partial charge in [0.2, 0.25) is 0 Å². The Morgan fingerprint density at radius 3 is 2.49 bits per heavy atom. The van der Waals surface area contributed by atoms with E-state index in [2.05, 4.69) is 76.3 Å². The predicted molar refractivity (Wildman–Crippen MR) is 159 cm³/mol. The molecule has 4 heterocycles. The van der Waals surface area contributed by atoms with Crippen molar-refractivity contribution >= 4 is 11.0 Å². The lowest BCUT2D eigenvalue weighted by atomic mass is 9.88. The van der Waals surface area contributed by atoms with Crippen LogP contribution >= 0.6 is 0 Å². The van der Waals surface area contributed by atoms with Crippen LogP contribution in [-0.4, -0.2) is 40.8 Å². The van der Waals surface area contributed by atoms with E-state index in [9.17, 15) is 0 Å².